The minimum Gasteiger partial charge on any atom is -0.470 e. The van der Waals surface area contributed by atoms with Crippen molar-refractivity contribution in [1.82, 2.24) is 25.5 Å². The highest BCUT2D eigenvalue weighted by atomic mass is 16.5. The zero-order chi connectivity index (χ0) is 24.9. The number of hydrogen-bond donors (Lipinski definition) is 1. The fraction of sp³-hybridized carbons (Fsp3) is 0.241. The van der Waals surface area contributed by atoms with Gasteiger partial charge in [0.05, 0.1) is 11.4 Å². The number of fused-ring (bicyclic) bond motifs is 1. The molecular weight excluding hydrogens is 434 g/mol. The Hall–Kier alpha value is -3.90. The number of benzene rings is 1. The highest BCUT2D eigenvalue weighted by molar-refractivity contribution is 5.96. The molecule has 180 valence electrons. The SMILES string of the molecule is C/C=C(\C)CNCc1cccc(COc2nnc(-c3ccncc3)c3ccccc23)n1.C=CCC. The van der Waals surface area contributed by atoms with Crippen LogP contribution in [0.2, 0.25) is 0 Å². The summed E-state index contributed by atoms with van der Waals surface area (Å²) in [6, 6.07) is 17.8. The van der Waals surface area contributed by atoms with Crippen LogP contribution < -0.4 is 10.1 Å². The average molecular weight is 468 g/mol. The molecule has 0 unspecified atom stereocenters. The lowest BCUT2D eigenvalue weighted by Crippen LogP contribution is -2.17. The normalized spacial score (nSPS) is 11.0. The minimum atomic E-state index is 0.328. The molecule has 3 heterocycles. The Morgan fingerprint density at radius 1 is 0.971 bits per heavy atom. The molecule has 0 saturated carbocycles. The maximum absolute atomic E-state index is 6.03. The van der Waals surface area contributed by atoms with E-state index in [0.717, 1.165) is 46.4 Å². The van der Waals surface area contributed by atoms with Gasteiger partial charge in [-0.2, -0.15) is 0 Å². The Balaban J connectivity index is 0.000000795. The molecule has 0 amide bonds. The highest BCUT2D eigenvalue weighted by Crippen LogP contribution is 2.30. The lowest BCUT2D eigenvalue weighted by Gasteiger charge is -2.11. The van der Waals surface area contributed by atoms with E-state index in [-0.39, 0.29) is 0 Å². The van der Waals surface area contributed by atoms with Crippen molar-refractivity contribution in [3.63, 3.8) is 0 Å². The van der Waals surface area contributed by atoms with E-state index in [1.807, 2.05) is 67.6 Å². The molecule has 0 radical (unpaired) electrons. The topological polar surface area (TPSA) is 72.8 Å². The maximum atomic E-state index is 6.03. The van der Waals surface area contributed by atoms with Gasteiger partial charge in [-0.15, -0.1) is 16.8 Å². The Morgan fingerprint density at radius 3 is 2.40 bits per heavy atom. The lowest BCUT2D eigenvalue weighted by molar-refractivity contribution is 0.289. The van der Waals surface area contributed by atoms with Gasteiger partial charge in [0.25, 0.3) is 0 Å². The van der Waals surface area contributed by atoms with Gasteiger partial charge in [-0.25, -0.2) is 0 Å². The fourth-order valence-corrected chi connectivity index (χ4v) is 3.25. The smallest absolute Gasteiger partial charge is 0.241 e. The van der Waals surface area contributed by atoms with Crippen molar-refractivity contribution in [2.24, 2.45) is 0 Å². The molecule has 0 spiro atoms. The fourth-order valence-electron chi connectivity index (χ4n) is 3.25. The Labute approximate surface area is 207 Å². The summed E-state index contributed by atoms with van der Waals surface area (Å²) in [5.74, 6) is 0.502. The number of ether oxygens (including phenoxy) is 1. The van der Waals surface area contributed by atoms with E-state index >= 15 is 0 Å². The van der Waals surface area contributed by atoms with Gasteiger partial charge >= 0.3 is 0 Å². The van der Waals surface area contributed by atoms with Crippen LogP contribution in [0.1, 0.15) is 38.6 Å². The number of hydrogen-bond acceptors (Lipinski definition) is 6. The predicted octanol–water partition coefficient (Wildman–Crippen LogP) is 6.30. The molecule has 3 aromatic heterocycles. The van der Waals surface area contributed by atoms with Crippen LogP contribution in [-0.4, -0.2) is 26.7 Å². The molecule has 35 heavy (non-hydrogen) atoms. The second-order valence-corrected chi connectivity index (χ2v) is 7.98. The van der Waals surface area contributed by atoms with E-state index in [1.165, 1.54) is 5.57 Å². The number of aromatic nitrogens is 4. The molecule has 0 aliphatic carbocycles. The van der Waals surface area contributed by atoms with Crippen molar-refractivity contribution in [2.45, 2.75) is 40.3 Å². The number of pyridine rings is 2. The number of rotatable bonds is 9. The first-order chi connectivity index (χ1) is 17.2. The van der Waals surface area contributed by atoms with Gasteiger partial charge in [0.15, 0.2) is 0 Å². The van der Waals surface area contributed by atoms with E-state index in [1.54, 1.807) is 12.4 Å². The summed E-state index contributed by atoms with van der Waals surface area (Å²) < 4.78 is 6.03. The predicted molar refractivity (Wildman–Crippen MR) is 143 cm³/mol. The number of nitrogens with one attached hydrogen (secondary N) is 1. The second-order valence-electron chi connectivity index (χ2n) is 7.98. The molecule has 6 heteroatoms. The van der Waals surface area contributed by atoms with Crippen LogP contribution in [0.5, 0.6) is 5.88 Å². The van der Waals surface area contributed by atoms with Gasteiger partial charge in [0.1, 0.15) is 12.3 Å². The quantitative estimate of drug-likeness (QED) is 0.291. The first kappa shape index (κ1) is 25.7. The average Bonchev–Trinajstić information content (AvgIpc) is 2.92. The summed E-state index contributed by atoms with van der Waals surface area (Å²) in [5, 5.41) is 14.1. The van der Waals surface area contributed by atoms with Crippen LogP contribution in [0.4, 0.5) is 0 Å². The van der Waals surface area contributed by atoms with Crippen LogP contribution in [0.25, 0.3) is 22.0 Å². The van der Waals surface area contributed by atoms with Crippen molar-refractivity contribution < 1.29 is 4.74 Å². The van der Waals surface area contributed by atoms with Crippen molar-refractivity contribution >= 4 is 10.8 Å². The molecule has 6 nitrogen and oxygen atoms in total. The Morgan fingerprint density at radius 2 is 1.69 bits per heavy atom. The van der Waals surface area contributed by atoms with Gasteiger partial charge < -0.3 is 10.1 Å². The molecule has 4 aromatic rings. The summed E-state index contributed by atoms with van der Waals surface area (Å²) in [7, 11) is 0. The van der Waals surface area contributed by atoms with Gasteiger partial charge in [-0.05, 0) is 50.6 Å². The zero-order valence-corrected chi connectivity index (χ0v) is 20.7. The number of allylic oxidation sites excluding steroid dienone is 2. The van der Waals surface area contributed by atoms with Gasteiger partial charge in [0.2, 0.25) is 5.88 Å². The molecule has 0 aliphatic heterocycles. The minimum absolute atomic E-state index is 0.328. The molecule has 0 fully saturated rings. The molecule has 0 aliphatic rings. The van der Waals surface area contributed by atoms with Crippen molar-refractivity contribution in [3.05, 3.63) is 103 Å². The Bertz CT molecular complexity index is 1250. The van der Waals surface area contributed by atoms with Gasteiger partial charge in [-0.1, -0.05) is 48.9 Å². The standard InChI is InChI=1S/C25H25N5O.C4H8/c1-3-18(2)15-27-16-20-7-6-8-21(28-20)17-31-25-23-10-5-4-9-22(23)24(29-30-25)19-11-13-26-14-12-19;1-3-4-2/h3-14,27H,15-17H2,1-2H3;3H,1,4H2,2H3/b18-3+;. The maximum Gasteiger partial charge on any atom is 0.241 e. The lowest BCUT2D eigenvalue weighted by atomic mass is 10.1. The van der Waals surface area contributed by atoms with Gasteiger partial charge in [-0.3, -0.25) is 9.97 Å². The zero-order valence-electron chi connectivity index (χ0n) is 20.7. The molecular formula is C29H33N5O. The molecule has 1 aromatic carbocycles. The summed E-state index contributed by atoms with van der Waals surface area (Å²) in [4.78, 5) is 8.78. The molecule has 1 N–H and O–H groups in total. The number of nitrogens with zero attached hydrogens (tertiary/aromatic N) is 4. The molecule has 0 atom stereocenters. The first-order valence-corrected chi connectivity index (χ1v) is 11.8. The monoisotopic (exact) mass is 467 g/mol. The summed E-state index contributed by atoms with van der Waals surface area (Å²) in [6.45, 7) is 11.6. The summed E-state index contributed by atoms with van der Waals surface area (Å²) in [5.41, 5.74) is 4.92. The second kappa shape index (κ2) is 13.7. The molecule has 0 saturated heterocycles. The van der Waals surface area contributed by atoms with Gasteiger partial charge in [0, 0.05) is 41.8 Å². The van der Waals surface area contributed by atoms with E-state index in [9.17, 15) is 0 Å². The summed E-state index contributed by atoms with van der Waals surface area (Å²) >= 11 is 0. The molecule has 0 bridgehead atoms. The van der Waals surface area contributed by atoms with E-state index in [4.69, 9.17) is 9.72 Å². The third-order valence-corrected chi connectivity index (χ3v) is 5.32. The highest BCUT2D eigenvalue weighted by Gasteiger charge is 2.12. The van der Waals surface area contributed by atoms with Crippen molar-refractivity contribution in [3.8, 4) is 17.1 Å². The van der Waals surface area contributed by atoms with Crippen molar-refractivity contribution in [1.29, 1.82) is 0 Å². The van der Waals surface area contributed by atoms with Crippen LogP contribution in [0.3, 0.4) is 0 Å². The van der Waals surface area contributed by atoms with Crippen LogP contribution in [0.15, 0.2) is 91.3 Å². The first-order valence-electron chi connectivity index (χ1n) is 11.8. The van der Waals surface area contributed by atoms with Crippen LogP contribution >= 0.6 is 0 Å². The van der Waals surface area contributed by atoms with Crippen LogP contribution in [0, 0.1) is 0 Å². The molecule has 4 rings (SSSR count). The Kier molecular flexibility index (Phi) is 10.1. The summed E-state index contributed by atoms with van der Waals surface area (Å²) in [6.07, 6.45) is 8.57. The van der Waals surface area contributed by atoms with E-state index < -0.39 is 0 Å². The third kappa shape index (κ3) is 7.55. The van der Waals surface area contributed by atoms with E-state index in [0.29, 0.717) is 19.0 Å². The third-order valence-electron chi connectivity index (χ3n) is 5.32. The van der Waals surface area contributed by atoms with Crippen molar-refractivity contribution in [2.75, 3.05) is 6.54 Å². The van der Waals surface area contributed by atoms with E-state index in [2.05, 4.69) is 47.0 Å². The van der Waals surface area contributed by atoms with Crippen LogP contribution in [-0.2, 0) is 13.2 Å². The largest absolute Gasteiger partial charge is 0.470 e.